The molecule has 1 unspecified atom stereocenters. The van der Waals surface area contributed by atoms with E-state index in [4.69, 9.17) is 4.74 Å². The van der Waals surface area contributed by atoms with Crippen molar-refractivity contribution in [3.8, 4) is 0 Å². The first kappa shape index (κ1) is 16.1. The van der Waals surface area contributed by atoms with Gasteiger partial charge in [0, 0.05) is 13.7 Å². The lowest BCUT2D eigenvalue weighted by atomic mass is 10.1. The fourth-order valence-corrected chi connectivity index (χ4v) is 2.95. The second-order valence-corrected chi connectivity index (χ2v) is 6.81. The molecule has 0 heterocycles. The Balaban J connectivity index is 2.62. The molecular weight excluding hydrogens is 266 g/mol. The van der Waals surface area contributed by atoms with Crippen LogP contribution in [0.4, 0.5) is 0 Å². The van der Waals surface area contributed by atoms with Gasteiger partial charge in [-0.3, -0.25) is 0 Å². The zero-order chi connectivity index (χ0) is 14.5. The van der Waals surface area contributed by atoms with Gasteiger partial charge in [0.15, 0.2) is 0 Å². The van der Waals surface area contributed by atoms with Crippen LogP contribution in [-0.2, 0) is 20.5 Å². The molecule has 0 aliphatic heterocycles. The summed E-state index contributed by atoms with van der Waals surface area (Å²) in [5.74, 6) is -0.0995. The molecule has 1 atom stereocenters. The van der Waals surface area contributed by atoms with Crippen LogP contribution in [0.3, 0.4) is 0 Å². The van der Waals surface area contributed by atoms with Crippen LogP contribution >= 0.6 is 0 Å². The molecule has 0 saturated heterocycles. The van der Waals surface area contributed by atoms with Crippen molar-refractivity contribution in [1.82, 2.24) is 4.72 Å². The van der Waals surface area contributed by atoms with Crippen molar-refractivity contribution in [2.24, 2.45) is 0 Å². The third kappa shape index (κ3) is 6.15. The molecule has 0 fully saturated rings. The van der Waals surface area contributed by atoms with Gasteiger partial charge in [-0.25, -0.2) is 13.1 Å². The Morgan fingerprint density at radius 2 is 2.11 bits per heavy atom. The second-order valence-electron chi connectivity index (χ2n) is 5.00. The Morgan fingerprint density at radius 3 is 2.68 bits per heavy atom. The molecular formula is C13H21NO4S. The third-order valence-electron chi connectivity index (χ3n) is 2.57. The van der Waals surface area contributed by atoms with E-state index in [0.717, 1.165) is 11.1 Å². The van der Waals surface area contributed by atoms with Crippen molar-refractivity contribution in [3.05, 3.63) is 35.4 Å². The van der Waals surface area contributed by atoms with Gasteiger partial charge < -0.3 is 9.84 Å². The van der Waals surface area contributed by atoms with E-state index in [9.17, 15) is 13.5 Å². The largest absolute Gasteiger partial charge is 0.386 e. The number of hydrogen-bond acceptors (Lipinski definition) is 4. The van der Waals surface area contributed by atoms with Gasteiger partial charge in [-0.05, 0) is 19.4 Å². The van der Waals surface area contributed by atoms with E-state index in [1.807, 2.05) is 25.1 Å². The summed E-state index contributed by atoms with van der Waals surface area (Å²) >= 11 is 0. The molecule has 0 saturated carbocycles. The lowest BCUT2D eigenvalue weighted by molar-refractivity contribution is -0.0120. The summed E-state index contributed by atoms with van der Waals surface area (Å²) in [7, 11) is -2.01. The minimum absolute atomic E-state index is 0.0694. The maximum absolute atomic E-state index is 11.9. The van der Waals surface area contributed by atoms with Gasteiger partial charge in [-0.15, -0.1) is 0 Å². The van der Waals surface area contributed by atoms with Crippen LogP contribution < -0.4 is 4.72 Å². The zero-order valence-electron chi connectivity index (χ0n) is 11.5. The highest BCUT2D eigenvalue weighted by molar-refractivity contribution is 7.88. The number of aryl methyl sites for hydroxylation is 1. The molecule has 1 rings (SSSR count). The fourth-order valence-electron chi connectivity index (χ4n) is 1.70. The molecule has 19 heavy (non-hydrogen) atoms. The maximum atomic E-state index is 11.9. The molecule has 0 aliphatic carbocycles. The number of methoxy groups -OCH3 is 1. The number of aliphatic hydroxyl groups is 1. The molecule has 2 N–H and O–H groups in total. The lowest BCUT2D eigenvalue weighted by Crippen LogP contribution is -2.44. The summed E-state index contributed by atoms with van der Waals surface area (Å²) < 4.78 is 31.0. The van der Waals surface area contributed by atoms with Crippen LogP contribution in [0, 0.1) is 6.92 Å². The molecule has 108 valence electrons. The average Bonchev–Trinajstić information content (AvgIpc) is 2.26. The molecule has 5 nitrogen and oxygen atoms in total. The van der Waals surface area contributed by atoms with E-state index in [0.29, 0.717) is 0 Å². The monoisotopic (exact) mass is 287 g/mol. The molecule has 0 spiro atoms. The first-order chi connectivity index (χ1) is 8.74. The third-order valence-corrected chi connectivity index (χ3v) is 3.86. The van der Waals surface area contributed by atoms with Crippen LogP contribution in [-0.4, -0.2) is 39.4 Å². The topological polar surface area (TPSA) is 75.6 Å². The van der Waals surface area contributed by atoms with Crippen molar-refractivity contribution in [3.63, 3.8) is 0 Å². The Kier molecular flexibility index (Phi) is 5.49. The summed E-state index contributed by atoms with van der Waals surface area (Å²) in [5.41, 5.74) is 0.520. The first-order valence-corrected chi connectivity index (χ1v) is 7.63. The summed E-state index contributed by atoms with van der Waals surface area (Å²) in [6.07, 6.45) is 0. The van der Waals surface area contributed by atoms with Gasteiger partial charge in [-0.2, -0.15) is 0 Å². The highest BCUT2D eigenvalue weighted by Gasteiger charge is 2.23. The molecule has 0 aromatic heterocycles. The van der Waals surface area contributed by atoms with Gasteiger partial charge in [0.2, 0.25) is 10.0 Å². The summed E-state index contributed by atoms with van der Waals surface area (Å²) in [6.45, 7) is 3.42. The van der Waals surface area contributed by atoms with E-state index in [2.05, 4.69) is 4.72 Å². The minimum atomic E-state index is -3.47. The van der Waals surface area contributed by atoms with Crippen molar-refractivity contribution in [2.75, 3.05) is 20.3 Å². The smallest absolute Gasteiger partial charge is 0.215 e. The maximum Gasteiger partial charge on any atom is 0.215 e. The van der Waals surface area contributed by atoms with Gasteiger partial charge in [0.25, 0.3) is 0 Å². The standard InChI is InChI=1S/C13H21NO4S/c1-11-5-4-6-12(7-11)8-19(16,17)14-9-13(2,15)10-18-3/h4-7,14-15H,8-10H2,1-3H3. The predicted octanol–water partition coefficient (Wildman–Crippen LogP) is 0.812. The number of benzene rings is 1. The van der Waals surface area contributed by atoms with E-state index < -0.39 is 15.6 Å². The summed E-state index contributed by atoms with van der Waals surface area (Å²) in [6, 6.07) is 7.32. The Morgan fingerprint density at radius 1 is 1.42 bits per heavy atom. The SMILES string of the molecule is COCC(C)(O)CNS(=O)(=O)Cc1cccc(C)c1. The summed E-state index contributed by atoms with van der Waals surface area (Å²) in [5, 5.41) is 9.84. The van der Waals surface area contributed by atoms with Gasteiger partial charge in [-0.1, -0.05) is 29.8 Å². The zero-order valence-corrected chi connectivity index (χ0v) is 12.3. The van der Waals surface area contributed by atoms with Gasteiger partial charge in [0.05, 0.1) is 18.0 Å². The predicted molar refractivity (Wildman–Crippen MR) is 74.3 cm³/mol. The molecule has 1 aromatic rings. The van der Waals surface area contributed by atoms with E-state index in [-0.39, 0.29) is 18.9 Å². The van der Waals surface area contributed by atoms with Crippen molar-refractivity contribution >= 4 is 10.0 Å². The average molecular weight is 287 g/mol. The number of ether oxygens (including phenoxy) is 1. The number of rotatable bonds is 7. The lowest BCUT2D eigenvalue weighted by Gasteiger charge is -2.22. The molecule has 0 radical (unpaired) electrons. The molecule has 0 amide bonds. The fraction of sp³-hybridized carbons (Fsp3) is 0.538. The van der Waals surface area contributed by atoms with Crippen LogP contribution in [0.1, 0.15) is 18.1 Å². The Hall–Kier alpha value is -0.950. The molecule has 6 heteroatoms. The van der Waals surface area contributed by atoms with E-state index in [1.54, 1.807) is 6.07 Å². The van der Waals surface area contributed by atoms with Crippen molar-refractivity contribution in [1.29, 1.82) is 0 Å². The number of nitrogens with one attached hydrogen (secondary N) is 1. The van der Waals surface area contributed by atoms with Gasteiger partial charge in [0.1, 0.15) is 0 Å². The molecule has 1 aromatic carbocycles. The Bertz CT molecular complexity index is 511. The second kappa shape index (κ2) is 6.47. The van der Waals surface area contributed by atoms with Crippen LogP contribution in [0.2, 0.25) is 0 Å². The highest BCUT2D eigenvalue weighted by atomic mass is 32.2. The van der Waals surface area contributed by atoms with E-state index in [1.165, 1.54) is 14.0 Å². The number of hydrogen-bond donors (Lipinski definition) is 2. The van der Waals surface area contributed by atoms with Crippen LogP contribution in [0.25, 0.3) is 0 Å². The quantitative estimate of drug-likeness (QED) is 0.778. The highest BCUT2D eigenvalue weighted by Crippen LogP contribution is 2.09. The molecule has 0 bridgehead atoms. The van der Waals surface area contributed by atoms with E-state index >= 15 is 0 Å². The Labute approximate surface area is 114 Å². The van der Waals surface area contributed by atoms with Gasteiger partial charge >= 0.3 is 0 Å². The molecule has 0 aliphatic rings. The van der Waals surface area contributed by atoms with Crippen molar-refractivity contribution in [2.45, 2.75) is 25.2 Å². The number of sulfonamides is 1. The summed E-state index contributed by atoms with van der Waals surface area (Å²) in [4.78, 5) is 0. The van der Waals surface area contributed by atoms with Crippen LogP contribution in [0.5, 0.6) is 0 Å². The first-order valence-electron chi connectivity index (χ1n) is 5.98. The van der Waals surface area contributed by atoms with Crippen molar-refractivity contribution < 1.29 is 18.3 Å². The van der Waals surface area contributed by atoms with Crippen LogP contribution in [0.15, 0.2) is 24.3 Å². The normalized spacial score (nSPS) is 15.2. The minimum Gasteiger partial charge on any atom is -0.386 e.